The molecule has 5 nitrogen and oxygen atoms in total. The summed E-state index contributed by atoms with van der Waals surface area (Å²) in [6, 6.07) is 17.6. The van der Waals surface area contributed by atoms with Crippen LogP contribution in [0.15, 0.2) is 59.4 Å². The van der Waals surface area contributed by atoms with Crippen molar-refractivity contribution in [2.45, 2.75) is 6.42 Å². The van der Waals surface area contributed by atoms with E-state index in [1.54, 1.807) is 7.11 Å². The minimum Gasteiger partial charge on any atom is -0.497 e. The molecule has 4 rings (SSSR count). The van der Waals surface area contributed by atoms with Gasteiger partial charge in [-0.25, -0.2) is 4.98 Å². The number of methoxy groups -OCH3 is 1. The maximum absolute atomic E-state index is 12.6. The molecule has 0 N–H and O–H groups in total. The molecule has 0 radical (unpaired) electrons. The number of benzene rings is 2. The molecule has 0 amide bonds. The lowest BCUT2D eigenvalue weighted by atomic mass is 10.1. The summed E-state index contributed by atoms with van der Waals surface area (Å²) < 4.78 is 7.20. The SMILES string of the molecule is COc1cccc(/C=c2\sc3nc(Cc4ccccc4)nn3c2=O)c1. The van der Waals surface area contributed by atoms with Crippen LogP contribution in [0, 0.1) is 0 Å². The molecule has 0 unspecified atom stereocenters. The molecule has 0 aliphatic carbocycles. The van der Waals surface area contributed by atoms with Crippen LogP contribution in [0.4, 0.5) is 0 Å². The largest absolute Gasteiger partial charge is 0.497 e. The molecule has 0 fully saturated rings. The van der Waals surface area contributed by atoms with Gasteiger partial charge in [0, 0.05) is 6.42 Å². The van der Waals surface area contributed by atoms with Gasteiger partial charge in [0.05, 0.1) is 11.6 Å². The summed E-state index contributed by atoms with van der Waals surface area (Å²) in [6.07, 6.45) is 2.45. The molecule has 124 valence electrons. The number of nitrogens with zero attached hydrogens (tertiary/aromatic N) is 3. The maximum Gasteiger partial charge on any atom is 0.291 e. The molecule has 2 aromatic carbocycles. The fourth-order valence-electron chi connectivity index (χ4n) is 2.61. The minimum absolute atomic E-state index is 0.144. The van der Waals surface area contributed by atoms with Crippen LogP contribution in [0.5, 0.6) is 5.75 Å². The number of fused-ring (bicyclic) bond motifs is 1. The molecular formula is C19H15N3O2S. The standard InChI is InChI=1S/C19H15N3O2S/c1-24-15-9-5-8-14(10-15)11-16-18(23)22-19(25-16)20-17(21-22)12-13-6-3-2-4-7-13/h2-11H,12H2,1H3/b16-11-. The average Bonchev–Trinajstić information content (AvgIpc) is 3.15. The Hall–Kier alpha value is -2.99. The van der Waals surface area contributed by atoms with Crippen molar-refractivity contribution < 1.29 is 4.74 Å². The van der Waals surface area contributed by atoms with Crippen molar-refractivity contribution in [1.29, 1.82) is 0 Å². The quantitative estimate of drug-likeness (QED) is 0.567. The van der Waals surface area contributed by atoms with E-state index in [4.69, 9.17) is 4.74 Å². The van der Waals surface area contributed by atoms with Gasteiger partial charge in [0.25, 0.3) is 5.56 Å². The lowest BCUT2D eigenvalue weighted by Crippen LogP contribution is -2.23. The van der Waals surface area contributed by atoms with Gasteiger partial charge in [0.15, 0.2) is 5.82 Å². The number of ether oxygens (including phenoxy) is 1. The van der Waals surface area contributed by atoms with E-state index in [1.165, 1.54) is 15.9 Å². The molecular weight excluding hydrogens is 334 g/mol. The van der Waals surface area contributed by atoms with Crippen molar-refractivity contribution in [3.8, 4) is 5.75 Å². The molecule has 25 heavy (non-hydrogen) atoms. The van der Waals surface area contributed by atoms with E-state index in [9.17, 15) is 4.79 Å². The highest BCUT2D eigenvalue weighted by atomic mass is 32.1. The van der Waals surface area contributed by atoms with E-state index in [-0.39, 0.29) is 5.56 Å². The number of aromatic nitrogens is 3. The van der Waals surface area contributed by atoms with Crippen LogP contribution in [-0.4, -0.2) is 21.7 Å². The Bertz CT molecular complexity index is 1130. The molecule has 0 aliphatic heterocycles. The molecule has 0 spiro atoms. The molecule has 2 aromatic heterocycles. The van der Waals surface area contributed by atoms with Crippen molar-refractivity contribution in [3.05, 3.63) is 86.4 Å². The maximum atomic E-state index is 12.6. The Morgan fingerprint density at radius 3 is 2.76 bits per heavy atom. The van der Waals surface area contributed by atoms with Crippen molar-refractivity contribution >= 4 is 22.4 Å². The van der Waals surface area contributed by atoms with Gasteiger partial charge < -0.3 is 4.74 Å². The molecule has 0 saturated carbocycles. The molecule has 6 heteroatoms. The van der Waals surface area contributed by atoms with Crippen LogP contribution < -0.4 is 14.8 Å². The van der Waals surface area contributed by atoms with E-state index in [2.05, 4.69) is 10.1 Å². The smallest absolute Gasteiger partial charge is 0.291 e. The number of hydrogen-bond acceptors (Lipinski definition) is 5. The highest BCUT2D eigenvalue weighted by Crippen LogP contribution is 2.13. The van der Waals surface area contributed by atoms with Crippen LogP contribution in [-0.2, 0) is 6.42 Å². The fourth-order valence-corrected chi connectivity index (χ4v) is 3.54. The molecule has 0 saturated heterocycles. The zero-order valence-electron chi connectivity index (χ0n) is 13.5. The molecule has 4 aromatic rings. The van der Waals surface area contributed by atoms with Crippen LogP contribution in [0.1, 0.15) is 17.0 Å². The van der Waals surface area contributed by atoms with E-state index < -0.39 is 0 Å². The lowest BCUT2D eigenvalue weighted by molar-refractivity contribution is 0.414. The highest BCUT2D eigenvalue weighted by molar-refractivity contribution is 7.15. The van der Waals surface area contributed by atoms with Crippen LogP contribution in [0.2, 0.25) is 0 Å². The second-order valence-corrected chi connectivity index (χ2v) is 6.59. The monoisotopic (exact) mass is 349 g/mol. The zero-order valence-corrected chi connectivity index (χ0v) is 14.4. The molecule has 0 atom stereocenters. The summed E-state index contributed by atoms with van der Waals surface area (Å²) in [5, 5.41) is 4.36. The Morgan fingerprint density at radius 1 is 1.16 bits per heavy atom. The number of thiazole rings is 1. The summed E-state index contributed by atoms with van der Waals surface area (Å²) in [5.74, 6) is 1.41. The summed E-state index contributed by atoms with van der Waals surface area (Å²) in [4.78, 5) is 17.7. The van der Waals surface area contributed by atoms with Crippen LogP contribution in [0.25, 0.3) is 11.0 Å². The summed E-state index contributed by atoms with van der Waals surface area (Å²) in [6.45, 7) is 0. The van der Waals surface area contributed by atoms with Gasteiger partial charge in [-0.1, -0.05) is 53.8 Å². The Balaban J connectivity index is 1.70. The predicted molar refractivity (Wildman–Crippen MR) is 98.2 cm³/mol. The van der Waals surface area contributed by atoms with Crippen molar-refractivity contribution in [1.82, 2.24) is 14.6 Å². The van der Waals surface area contributed by atoms with Crippen LogP contribution >= 0.6 is 11.3 Å². The topological polar surface area (TPSA) is 56.5 Å². The first-order chi connectivity index (χ1) is 12.2. The lowest BCUT2D eigenvalue weighted by Gasteiger charge is -1.99. The summed E-state index contributed by atoms with van der Waals surface area (Å²) >= 11 is 1.34. The summed E-state index contributed by atoms with van der Waals surface area (Å²) in [7, 11) is 1.62. The molecule has 0 aliphatic rings. The van der Waals surface area contributed by atoms with E-state index in [0.29, 0.717) is 21.7 Å². The summed E-state index contributed by atoms with van der Waals surface area (Å²) in [5.41, 5.74) is 1.89. The third-order valence-corrected chi connectivity index (χ3v) is 4.78. The van der Waals surface area contributed by atoms with Gasteiger partial charge in [-0.3, -0.25) is 4.79 Å². The van der Waals surface area contributed by atoms with Gasteiger partial charge in [0.2, 0.25) is 4.96 Å². The van der Waals surface area contributed by atoms with Gasteiger partial charge in [-0.05, 0) is 29.3 Å². The van der Waals surface area contributed by atoms with E-state index >= 15 is 0 Å². The first-order valence-electron chi connectivity index (χ1n) is 7.81. The minimum atomic E-state index is -0.144. The number of hydrogen-bond donors (Lipinski definition) is 0. The average molecular weight is 349 g/mol. The third kappa shape index (κ3) is 3.16. The first kappa shape index (κ1) is 15.5. The Labute approximate surface area is 147 Å². The van der Waals surface area contributed by atoms with Gasteiger partial charge in [-0.15, -0.1) is 5.10 Å². The van der Waals surface area contributed by atoms with Gasteiger partial charge in [0.1, 0.15) is 5.75 Å². The van der Waals surface area contributed by atoms with Crippen molar-refractivity contribution in [2.75, 3.05) is 7.11 Å². The Morgan fingerprint density at radius 2 is 2.00 bits per heavy atom. The van der Waals surface area contributed by atoms with Crippen molar-refractivity contribution in [3.63, 3.8) is 0 Å². The predicted octanol–water partition coefficient (Wildman–Crippen LogP) is 2.30. The molecule has 2 heterocycles. The van der Waals surface area contributed by atoms with E-state index in [0.717, 1.165) is 16.9 Å². The Kier molecular flexibility index (Phi) is 4.03. The van der Waals surface area contributed by atoms with Gasteiger partial charge >= 0.3 is 0 Å². The highest BCUT2D eigenvalue weighted by Gasteiger charge is 2.10. The second kappa shape index (κ2) is 6.49. The third-order valence-electron chi connectivity index (χ3n) is 3.82. The number of rotatable bonds is 4. The zero-order chi connectivity index (χ0) is 17.2. The van der Waals surface area contributed by atoms with Gasteiger partial charge in [-0.2, -0.15) is 4.52 Å². The second-order valence-electron chi connectivity index (χ2n) is 5.58. The fraction of sp³-hybridized carbons (Fsp3) is 0.105. The first-order valence-corrected chi connectivity index (χ1v) is 8.63. The van der Waals surface area contributed by atoms with E-state index in [1.807, 2.05) is 60.7 Å². The normalized spacial score (nSPS) is 12.0. The van der Waals surface area contributed by atoms with Crippen LogP contribution in [0.3, 0.4) is 0 Å². The molecule has 0 bridgehead atoms. The van der Waals surface area contributed by atoms with Crippen molar-refractivity contribution in [2.24, 2.45) is 0 Å².